The van der Waals surface area contributed by atoms with E-state index >= 15 is 0 Å². The molecule has 6 nitrogen and oxygen atoms in total. The number of carbonyl (C=O) groups excluding carboxylic acids is 1. The van der Waals surface area contributed by atoms with Crippen LogP contribution in [-0.4, -0.2) is 22.5 Å². The summed E-state index contributed by atoms with van der Waals surface area (Å²) in [6, 6.07) is 10.9. The quantitative estimate of drug-likeness (QED) is 0.540. The van der Waals surface area contributed by atoms with Crippen molar-refractivity contribution >= 4 is 49.9 Å². The van der Waals surface area contributed by atoms with E-state index in [4.69, 9.17) is 4.74 Å². The second-order valence-corrected chi connectivity index (χ2v) is 6.43. The van der Waals surface area contributed by atoms with E-state index in [1.165, 1.54) is 6.33 Å². The molecule has 0 radical (unpaired) electrons. The molecule has 1 heterocycles. The molecule has 1 amide bonds. The Labute approximate surface area is 163 Å². The van der Waals surface area contributed by atoms with Crippen LogP contribution in [-0.2, 0) is 4.79 Å². The third-order valence-corrected chi connectivity index (χ3v) is 4.11. The molecule has 3 rings (SSSR count). The fourth-order valence-electron chi connectivity index (χ4n) is 2.45. The van der Waals surface area contributed by atoms with E-state index in [1.54, 1.807) is 12.1 Å². The van der Waals surface area contributed by atoms with Crippen molar-refractivity contribution in [1.82, 2.24) is 9.97 Å². The van der Waals surface area contributed by atoms with E-state index in [2.05, 4.69) is 43.1 Å². The van der Waals surface area contributed by atoms with E-state index < -0.39 is 11.7 Å². The topological polar surface area (TPSA) is 76.1 Å². The Bertz CT molecular complexity index is 1030. The lowest BCUT2D eigenvalue weighted by molar-refractivity contribution is -0.114. The van der Waals surface area contributed by atoms with Crippen LogP contribution in [0.3, 0.4) is 0 Å². The van der Waals surface area contributed by atoms with Crippen LogP contribution in [0.1, 0.15) is 6.92 Å². The minimum Gasteiger partial charge on any atom is -0.492 e. The summed E-state index contributed by atoms with van der Waals surface area (Å²) in [7, 11) is 0. The Morgan fingerprint density at radius 2 is 2.11 bits per heavy atom. The number of anilines is 3. The first-order valence-electron chi connectivity index (χ1n) is 8.08. The van der Waals surface area contributed by atoms with Gasteiger partial charge in [-0.15, -0.1) is 0 Å². The highest BCUT2D eigenvalue weighted by molar-refractivity contribution is 9.10. The predicted octanol–water partition coefficient (Wildman–Crippen LogP) is 4.96. The van der Waals surface area contributed by atoms with Crippen molar-refractivity contribution in [3.05, 3.63) is 59.6 Å². The van der Waals surface area contributed by atoms with Crippen molar-refractivity contribution in [3.63, 3.8) is 0 Å². The normalized spacial score (nSPS) is 10.5. The van der Waals surface area contributed by atoms with Gasteiger partial charge in [-0.1, -0.05) is 28.6 Å². The van der Waals surface area contributed by atoms with Crippen LogP contribution in [0.15, 0.2) is 59.6 Å². The third kappa shape index (κ3) is 4.40. The molecule has 138 valence electrons. The van der Waals surface area contributed by atoms with E-state index in [0.29, 0.717) is 34.8 Å². The summed E-state index contributed by atoms with van der Waals surface area (Å²) in [5, 5.41) is 6.31. The van der Waals surface area contributed by atoms with Crippen LogP contribution in [0.4, 0.5) is 21.6 Å². The summed E-state index contributed by atoms with van der Waals surface area (Å²) in [5.41, 5.74) is 1.74. The van der Waals surface area contributed by atoms with Gasteiger partial charge in [-0.3, -0.25) is 4.79 Å². The van der Waals surface area contributed by atoms with Crippen LogP contribution < -0.4 is 15.4 Å². The largest absolute Gasteiger partial charge is 0.492 e. The van der Waals surface area contributed by atoms with Gasteiger partial charge in [0.1, 0.15) is 17.9 Å². The van der Waals surface area contributed by atoms with Gasteiger partial charge in [-0.2, -0.15) is 0 Å². The molecule has 0 spiro atoms. The van der Waals surface area contributed by atoms with Gasteiger partial charge in [-0.25, -0.2) is 14.4 Å². The van der Waals surface area contributed by atoms with Crippen molar-refractivity contribution in [3.8, 4) is 5.75 Å². The van der Waals surface area contributed by atoms with E-state index in [0.717, 1.165) is 10.2 Å². The lowest BCUT2D eigenvalue weighted by Crippen LogP contribution is -2.12. The second kappa shape index (κ2) is 8.13. The Morgan fingerprint density at radius 3 is 2.81 bits per heavy atom. The zero-order valence-electron chi connectivity index (χ0n) is 14.4. The van der Waals surface area contributed by atoms with E-state index in [1.807, 2.05) is 31.2 Å². The van der Waals surface area contributed by atoms with Crippen LogP contribution in [0, 0.1) is 0 Å². The molecular weight excluding hydrogens is 415 g/mol. The fraction of sp³-hybridized carbons (Fsp3) is 0.105. The highest BCUT2D eigenvalue weighted by atomic mass is 79.9. The van der Waals surface area contributed by atoms with E-state index in [-0.39, 0.29) is 0 Å². The van der Waals surface area contributed by atoms with Crippen LogP contribution in [0.25, 0.3) is 10.9 Å². The van der Waals surface area contributed by atoms with Crippen molar-refractivity contribution in [2.45, 2.75) is 6.92 Å². The number of hydrogen-bond donors (Lipinski definition) is 2. The van der Waals surface area contributed by atoms with Gasteiger partial charge >= 0.3 is 0 Å². The monoisotopic (exact) mass is 430 g/mol. The highest BCUT2D eigenvalue weighted by Gasteiger charge is 2.15. The fourth-order valence-corrected chi connectivity index (χ4v) is 2.85. The van der Waals surface area contributed by atoms with Crippen molar-refractivity contribution in [2.24, 2.45) is 0 Å². The minimum absolute atomic E-state index is 0.306. The molecule has 0 aliphatic carbocycles. The summed E-state index contributed by atoms with van der Waals surface area (Å²) < 4.78 is 19.6. The number of aromatic nitrogens is 2. The average molecular weight is 431 g/mol. The summed E-state index contributed by atoms with van der Waals surface area (Å²) in [4.78, 5) is 20.3. The summed E-state index contributed by atoms with van der Waals surface area (Å²) in [6.07, 6.45) is 1.43. The number of fused-ring (bicyclic) bond motifs is 1. The second-order valence-electron chi connectivity index (χ2n) is 5.52. The molecule has 0 atom stereocenters. The standard InChI is InChI=1S/C19H16BrFN4O2/c1-3-27-17-9-15-14(8-16(17)25-19(26)11(2)21)18(23-10-22-15)24-13-6-4-5-12(20)7-13/h4-10H,2-3H2,1H3,(H,25,26)(H,22,23,24). The Morgan fingerprint density at radius 1 is 1.30 bits per heavy atom. The van der Waals surface area contributed by atoms with Gasteiger partial charge in [0.05, 0.1) is 17.8 Å². The maximum absolute atomic E-state index is 13.1. The number of benzene rings is 2. The molecule has 2 N–H and O–H groups in total. The Balaban J connectivity index is 2.07. The zero-order valence-corrected chi connectivity index (χ0v) is 16.0. The molecule has 0 aliphatic heterocycles. The minimum atomic E-state index is -1.09. The SMILES string of the molecule is C=C(F)C(=O)Nc1cc2c(Nc3cccc(Br)c3)ncnc2cc1OCC. The molecule has 0 bridgehead atoms. The lowest BCUT2D eigenvalue weighted by atomic mass is 10.1. The van der Waals surface area contributed by atoms with Crippen molar-refractivity contribution in [2.75, 3.05) is 17.2 Å². The summed E-state index contributed by atoms with van der Waals surface area (Å²) in [5.74, 6) is -1.11. The molecule has 1 aromatic heterocycles. The molecule has 0 unspecified atom stereocenters. The predicted molar refractivity (Wildman–Crippen MR) is 107 cm³/mol. The number of hydrogen-bond acceptors (Lipinski definition) is 5. The highest BCUT2D eigenvalue weighted by Crippen LogP contribution is 2.33. The number of halogens is 2. The van der Waals surface area contributed by atoms with Crippen molar-refractivity contribution in [1.29, 1.82) is 0 Å². The van der Waals surface area contributed by atoms with Gasteiger partial charge < -0.3 is 15.4 Å². The number of nitrogens with zero attached hydrogens (tertiary/aromatic N) is 2. The maximum Gasteiger partial charge on any atom is 0.283 e. The molecule has 0 saturated carbocycles. The third-order valence-electron chi connectivity index (χ3n) is 3.62. The molecule has 27 heavy (non-hydrogen) atoms. The summed E-state index contributed by atoms with van der Waals surface area (Å²) in [6.45, 7) is 5.19. The zero-order chi connectivity index (χ0) is 19.4. The summed E-state index contributed by atoms with van der Waals surface area (Å²) >= 11 is 3.42. The van der Waals surface area contributed by atoms with Crippen LogP contribution in [0.2, 0.25) is 0 Å². The number of carbonyl (C=O) groups is 1. The van der Waals surface area contributed by atoms with Crippen LogP contribution in [0.5, 0.6) is 5.75 Å². The first-order valence-corrected chi connectivity index (χ1v) is 8.87. The molecule has 3 aromatic rings. The number of nitrogens with one attached hydrogen (secondary N) is 2. The lowest BCUT2D eigenvalue weighted by Gasteiger charge is -2.14. The molecule has 0 saturated heterocycles. The molecule has 0 fully saturated rings. The van der Waals surface area contributed by atoms with Gasteiger partial charge in [0.15, 0.2) is 5.83 Å². The first-order chi connectivity index (χ1) is 13.0. The van der Waals surface area contributed by atoms with Gasteiger partial charge in [0, 0.05) is 21.6 Å². The molecular formula is C19H16BrFN4O2. The van der Waals surface area contributed by atoms with Crippen LogP contribution >= 0.6 is 15.9 Å². The van der Waals surface area contributed by atoms with E-state index in [9.17, 15) is 9.18 Å². The molecule has 2 aromatic carbocycles. The van der Waals surface area contributed by atoms with Crippen molar-refractivity contribution < 1.29 is 13.9 Å². The molecule has 0 aliphatic rings. The molecule has 8 heteroatoms. The number of amides is 1. The Kier molecular flexibility index (Phi) is 5.66. The van der Waals surface area contributed by atoms with Gasteiger partial charge in [0.2, 0.25) is 0 Å². The van der Waals surface area contributed by atoms with Gasteiger partial charge in [0.25, 0.3) is 5.91 Å². The number of ether oxygens (including phenoxy) is 1. The smallest absolute Gasteiger partial charge is 0.283 e. The van der Waals surface area contributed by atoms with Gasteiger partial charge in [-0.05, 0) is 31.2 Å². The average Bonchev–Trinajstić information content (AvgIpc) is 2.63. The maximum atomic E-state index is 13.1. The first kappa shape index (κ1) is 18.8. The Hall–Kier alpha value is -3.00. The number of rotatable bonds is 6.